The molecular formula is C29H33FN4O6S2. The van der Waals surface area contributed by atoms with Gasteiger partial charge < -0.3 is 15.4 Å². The topological polar surface area (TPSA) is 144 Å². The van der Waals surface area contributed by atoms with E-state index in [0.29, 0.717) is 28.5 Å². The Bertz CT molecular complexity index is 1600. The SMILES string of the molecule is CC(C)CS(=O)(=O)C(C(=O)NCC(=O)NC1CC1)c1nc2cc(F)c(-c3ccc(NC(=O)OCC4CC4)cc3)cc2s1. The molecule has 3 N–H and O–H groups in total. The molecule has 10 nitrogen and oxygen atoms in total. The normalized spacial score (nSPS) is 15.8. The number of hydrogen-bond acceptors (Lipinski definition) is 8. The van der Waals surface area contributed by atoms with Gasteiger partial charge in [0.1, 0.15) is 10.8 Å². The minimum Gasteiger partial charge on any atom is -0.449 e. The Morgan fingerprint density at radius 1 is 1.10 bits per heavy atom. The van der Waals surface area contributed by atoms with Gasteiger partial charge in [-0.05, 0) is 61.3 Å². The van der Waals surface area contributed by atoms with Gasteiger partial charge in [0.15, 0.2) is 15.1 Å². The number of sulfone groups is 1. The number of halogens is 1. The van der Waals surface area contributed by atoms with E-state index in [1.165, 1.54) is 6.07 Å². The summed E-state index contributed by atoms with van der Waals surface area (Å²) in [6.45, 7) is 3.50. The number of nitrogens with one attached hydrogen (secondary N) is 3. The van der Waals surface area contributed by atoms with Crippen LogP contribution in [0.5, 0.6) is 0 Å². The van der Waals surface area contributed by atoms with Crippen LogP contribution in [-0.2, 0) is 24.2 Å². The van der Waals surface area contributed by atoms with Gasteiger partial charge in [-0.3, -0.25) is 14.9 Å². The third-order valence-corrected chi connectivity index (χ3v) is 10.4. The molecule has 224 valence electrons. The summed E-state index contributed by atoms with van der Waals surface area (Å²) in [7, 11) is -4.01. The Kier molecular flexibility index (Phi) is 8.78. The molecule has 2 fully saturated rings. The zero-order valence-electron chi connectivity index (χ0n) is 23.3. The lowest BCUT2D eigenvalue weighted by atomic mass is 10.0. The summed E-state index contributed by atoms with van der Waals surface area (Å²) < 4.78 is 47.5. The van der Waals surface area contributed by atoms with E-state index in [9.17, 15) is 22.8 Å². The van der Waals surface area contributed by atoms with Crippen molar-refractivity contribution in [3.63, 3.8) is 0 Å². The van der Waals surface area contributed by atoms with Crippen LogP contribution in [0.25, 0.3) is 21.3 Å². The van der Waals surface area contributed by atoms with Crippen molar-refractivity contribution in [3.8, 4) is 11.1 Å². The van der Waals surface area contributed by atoms with Gasteiger partial charge in [0.05, 0.1) is 29.1 Å². The lowest BCUT2D eigenvalue weighted by Crippen LogP contribution is -2.42. The van der Waals surface area contributed by atoms with E-state index in [0.717, 1.165) is 37.0 Å². The Morgan fingerprint density at radius 2 is 1.81 bits per heavy atom. The fourth-order valence-electron chi connectivity index (χ4n) is 4.42. The molecule has 1 aromatic heterocycles. The predicted octanol–water partition coefficient (Wildman–Crippen LogP) is 4.57. The summed E-state index contributed by atoms with van der Waals surface area (Å²) in [4.78, 5) is 41.6. The van der Waals surface area contributed by atoms with Gasteiger partial charge in [-0.2, -0.15) is 0 Å². The van der Waals surface area contributed by atoms with E-state index in [2.05, 4.69) is 20.9 Å². The average molecular weight is 617 g/mol. The number of aromatic nitrogens is 1. The standard InChI is InChI=1S/C29H33FN4O6S2/c1-16(2)15-42(38,39)26(27(36)31-13-25(35)32-19-9-10-19)28-34-23-12-22(30)21(11-24(23)41-28)18-5-7-20(8-6-18)33-29(37)40-14-17-3-4-17/h5-8,11-12,16-17,19,26H,3-4,9-10,13-15H2,1-2H3,(H,31,36)(H,32,35)(H,33,37). The number of thiazole rings is 1. The van der Waals surface area contributed by atoms with Gasteiger partial charge in [-0.25, -0.2) is 22.6 Å². The van der Waals surface area contributed by atoms with Gasteiger partial charge in [0.25, 0.3) is 0 Å². The third-order valence-electron chi connectivity index (χ3n) is 6.84. The maximum Gasteiger partial charge on any atom is 0.411 e. The third kappa shape index (κ3) is 7.62. The second-order valence-corrected chi connectivity index (χ2v) is 14.5. The highest BCUT2D eigenvalue weighted by Crippen LogP contribution is 2.36. The van der Waals surface area contributed by atoms with Crippen LogP contribution < -0.4 is 16.0 Å². The molecule has 42 heavy (non-hydrogen) atoms. The minimum atomic E-state index is -4.01. The predicted molar refractivity (Wildman–Crippen MR) is 158 cm³/mol. The molecule has 2 aliphatic carbocycles. The van der Waals surface area contributed by atoms with E-state index < -0.39 is 38.8 Å². The molecule has 3 amide bonds. The largest absolute Gasteiger partial charge is 0.449 e. The van der Waals surface area contributed by atoms with E-state index in [1.54, 1.807) is 44.2 Å². The van der Waals surface area contributed by atoms with Crippen molar-refractivity contribution in [1.82, 2.24) is 15.6 Å². The van der Waals surface area contributed by atoms with Crippen molar-refractivity contribution in [2.45, 2.75) is 50.8 Å². The second kappa shape index (κ2) is 12.3. The maximum absolute atomic E-state index is 15.2. The molecule has 1 unspecified atom stereocenters. The van der Waals surface area contributed by atoms with Crippen molar-refractivity contribution < 1.29 is 31.9 Å². The van der Waals surface area contributed by atoms with E-state index >= 15 is 4.39 Å². The number of carbonyl (C=O) groups excluding carboxylic acids is 3. The Morgan fingerprint density at radius 3 is 2.45 bits per heavy atom. The second-order valence-electron chi connectivity index (χ2n) is 11.3. The van der Waals surface area contributed by atoms with Crippen LogP contribution >= 0.6 is 11.3 Å². The first-order chi connectivity index (χ1) is 20.0. The number of benzene rings is 2. The van der Waals surface area contributed by atoms with Gasteiger partial charge >= 0.3 is 6.09 Å². The van der Waals surface area contributed by atoms with E-state index in [4.69, 9.17) is 4.74 Å². The molecule has 0 radical (unpaired) electrons. The number of hydrogen-bond donors (Lipinski definition) is 3. The highest BCUT2D eigenvalue weighted by atomic mass is 32.2. The number of nitrogens with zero attached hydrogens (tertiary/aromatic N) is 1. The Balaban J connectivity index is 1.36. The lowest BCUT2D eigenvalue weighted by molar-refractivity contribution is -0.126. The number of anilines is 1. The van der Waals surface area contributed by atoms with E-state index in [1.807, 2.05) is 0 Å². The molecule has 0 spiro atoms. The summed E-state index contributed by atoms with van der Waals surface area (Å²) in [6, 6.07) is 9.44. The van der Waals surface area contributed by atoms with Crippen molar-refractivity contribution in [2.75, 3.05) is 24.2 Å². The zero-order chi connectivity index (χ0) is 30.0. The zero-order valence-corrected chi connectivity index (χ0v) is 24.9. The molecule has 2 aromatic carbocycles. The first-order valence-corrected chi connectivity index (χ1v) is 16.4. The summed E-state index contributed by atoms with van der Waals surface area (Å²) in [6.07, 6.45) is 3.35. The molecule has 1 heterocycles. The quantitative estimate of drug-likeness (QED) is 0.271. The number of ether oxygens (including phenoxy) is 1. The highest BCUT2D eigenvalue weighted by molar-refractivity contribution is 7.92. The van der Waals surface area contributed by atoms with Crippen LogP contribution in [0.3, 0.4) is 0 Å². The first kappa shape index (κ1) is 29.9. The van der Waals surface area contributed by atoms with Gasteiger partial charge in [-0.1, -0.05) is 26.0 Å². The maximum atomic E-state index is 15.2. The van der Waals surface area contributed by atoms with Crippen molar-refractivity contribution in [3.05, 3.63) is 47.2 Å². The van der Waals surface area contributed by atoms with Crippen LogP contribution in [0.15, 0.2) is 36.4 Å². The monoisotopic (exact) mass is 616 g/mol. The molecule has 2 saturated carbocycles. The molecule has 0 saturated heterocycles. The fraction of sp³-hybridized carbons (Fsp3) is 0.448. The fourth-order valence-corrected chi connectivity index (χ4v) is 7.87. The highest BCUT2D eigenvalue weighted by Gasteiger charge is 2.38. The van der Waals surface area contributed by atoms with Gasteiger partial charge in [0.2, 0.25) is 11.8 Å². The van der Waals surface area contributed by atoms with Crippen molar-refractivity contribution >= 4 is 55.0 Å². The van der Waals surface area contributed by atoms with E-state index in [-0.39, 0.29) is 40.3 Å². The number of carbonyl (C=O) groups is 3. The summed E-state index contributed by atoms with van der Waals surface area (Å²) >= 11 is 0.993. The Labute approximate surface area is 247 Å². The lowest BCUT2D eigenvalue weighted by Gasteiger charge is -2.16. The average Bonchev–Trinajstić information content (AvgIpc) is 3.85. The summed E-state index contributed by atoms with van der Waals surface area (Å²) in [5.74, 6) is -1.88. The van der Waals surface area contributed by atoms with Gasteiger partial charge in [0, 0.05) is 23.4 Å². The van der Waals surface area contributed by atoms with Crippen LogP contribution in [0.2, 0.25) is 0 Å². The van der Waals surface area contributed by atoms with Gasteiger partial charge in [-0.15, -0.1) is 11.3 Å². The minimum absolute atomic E-state index is 0.00607. The van der Waals surface area contributed by atoms with Crippen molar-refractivity contribution in [2.24, 2.45) is 11.8 Å². The number of rotatable bonds is 12. The molecule has 1 atom stereocenters. The van der Waals surface area contributed by atoms with Crippen LogP contribution in [0.4, 0.5) is 14.9 Å². The molecule has 13 heteroatoms. The van der Waals surface area contributed by atoms with Crippen LogP contribution in [0, 0.1) is 17.7 Å². The molecule has 0 bridgehead atoms. The molecule has 2 aliphatic rings. The number of fused-ring (bicyclic) bond motifs is 1. The Hall–Kier alpha value is -3.58. The summed E-state index contributed by atoms with van der Waals surface area (Å²) in [5.41, 5.74) is 1.50. The molecule has 3 aromatic rings. The summed E-state index contributed by atoms with van der Waals surface area (Å²) in [5, 5.41) is 6.21. The number of amides is 3. The van der Waals surface area contributed by atoms with Crippen molar-refractivity contribution in [1.29, 1.82) is 0 Å². The van der Waals surface area contributed by atoms with Crippen LogP contribution in [-0.4, -0.2) is 56.3 Å². The van der Waals surface area contributed by atoms with Crippen LogP contribution in [0.1, 0.15) is 49.8 Å². The first-order valence-electron chi connectivity index (χ1n) is 13.9. The molecule has 5 rings (SSSR count). The molecule has 0 aliphatic heterocycles. The smallest absolute Gasteiger partial charge is 0.411 e. The molecular weight excluding hydrogens is 583 g/mol.